The van der Waals surface area contributed by atoms with Crippen molar-refractivity contribution >= 4 is 5.91 Å². The van der Waals surface area contributed by atoms with Crippen LogP contribution in [-0.4, -0.2) is 36.5 Å². The van der Waals surface area contributed by atoms with E-state index in [1.165, 1.54) is 32.1 Å². The number of nitrogens with zero attached hydrogens (tertiary/aromatic N) is 1. The third-order valence-corrected chi connectivity index (χ3v) is 4.59. The molecule has 1 fully saturated rings. The maximum absolute atomic E-state index is 12.1. The van der Waals surface area contributed by atoms with Gasteiger partial charge in [0.05, 0.1) is 0 Å². The van der Waals surface area contributed by atoms with Crippen molar-refractivity contribution in [3.05, 3.63) is 0 Å². The van der Waals surface area contributed by atoms with Crippen LogP contribution in [0.5, 0.6) is 0 Å². The summed E-state index contributed by atoms with van der Waals surface area (Å²) in [4.78, 5) is 14.3. The van der Waals surface area contributed by atoms with Crippen molar-refractivity contribution in [3.63, 3.8) is 0 Å². The van der Waals surface area contributed by atoms with Gasteiger partial charge >= 0.3 is 0 Å². The first-order chi connectivity index (χ1) is 9.71. The van der Waals surface area contributed by atoms with Crippen LogP contribution in [-0.2, 0) is 4.79 Å². The highest BCUT2D eigenvalue weighted by atomic mass is 16.2. The molecule has 1 amide bonds. The van der Waals surface area contributed by atoms with Crippen LogP contribution < -0.4 is 5.32 Å². The van der Waals surface area contributed by atoms with E-state index >= 15 is 0 Å². The van der Waals surface area contributed by atoms with Crippen LogP contribution in [0.3, 0.4) is 0 Å². The van der Waals surface area contributed by atoms with Crippen LogP contribution in [0.1, 0.15) is 72.1 Å². The van der Waals surface area contributed by atoms with E-state index in [1.54, 1.807) is 0 Å². The topological polar surface area (TPSA) is 32.3 Å². The number of carbonyl (C=O) groups is 1. The largest absolute Gasteiger partial charge is 0.343 e. The number of rotatable bonds is 9. The van der Waals surface area contributed by atoms with Gasteiger partial charge in [0.2, 0.25) is 5.91 Å². The predicted molar refractivity (Wildman–Crippen MR) is 85.8 cm³/mol. The Morgan fingerprint density at radius 1 is 1.30 bits per heavy atom. The van der Waals surface area contributed by atoms with Gasteiger partial charge in [-0.05, 0) is 44.6 Å². The van der Waals surface area contributed by atoms with Gasteiger partial charge in [0.25, 0.3) is 0 Å². The van der Waals surface area contributed by atoms with Gasteiger partial charge < -0.3 is 10.2 Å². The molecule has 20 heavy (non-hydrogen) atoms. The average molecular weight is 282 g/mol. The minimum atomic E-state index is 0.389. The molecule has 118 valence electrons. The molecule has 0 saturated carbocycles. The highest BCUT2D eigenvalue weighted by Crippen LogP contribution is 2.22. The Morgan fingerprint density at radius 2 is 2.10 bits per heavy atom. The van der Waals surface area contributed by atoms with E-state index in [2.05, 4.69) is 31.0 Å². The van der Waals surface area contributed by atoms with Crippen molar-refractivity contribution in [2.45, 2.75) is 78.2 Å². The van der Waals surface area contributed by atoms with Crippen LogP contribution in [0.2, 0.25) is 0 Å². The lowest BCUT2D eigenvalue weighted by molar-refractivity contribution is -0.130. The molecule has 3 heteroatoms. The van der Waals surface area contributed by atoms with Crippen molar-refractivity contribution in [1.82, 2.24) is 10.2 Å². The summed E-state index contributed by atoms with van der Waals surface area (Å²) in [6, 6.07) is 0.620. The maximum Gasteiger partial charge on any atom is 0.222 e. The monoisotopic (exact) mass is 282 g/mol. The summed E-state index contributed by atoms with van der Waals surface area (Å²) in [6.07, 6.45) is 9.14. The molecule has 1 saturated heterocycles. The standard InChI is InChI=1S/C17H34N2O/c1-4-8-15-10-11-17(20)19(14-12-15)13-7-9-16(5-2)18-6-3/h15-16,18H,4-14H2,1-3H3. The fourth-order valence-corrected chi connectivity index (χ4v) is 3.29. The molecule has 3 nitrogen and oxygen atoms in total. The molecule has 1 aliphatic rings. The zero-order valence-corrected chi connectivity index (χ0v) is 13.8. The fourth-order valence-electron chi connectivity index (χ4n) is 3.29. The van der Waals surface area contributed by atoms with Gasteiger partial charge in [-0.1, -0.05) is 33.6 Å². The predicted octanol–water partition coefficient (Wildman–Crippen LogP) is 3.58. The fraction of sp³-hybridized carbons (Fsp3) is 0.941. The molecule has 0 radical (unpaired) electrons. The van der Waals surface area contributed by atoms with Crippen molar-refractivity contribution in [1.29, 1.82) is 0 Å². The molecular weight excluding hydrogens is 248 g/mol. The average Bonchev–Trinajstić information content (AvgIpc) is 2.62. The highest BCUT2D eigenvalue weighted by Gasteiger charge is 2.21. The summed E-state index contributed by atoms with van der Waals surface area (Å²) in [5.74, 6) is 1.17. The maximum atomic E-state index is 12.1. The molecule has 2 unspecified atom stereocenters. The summed E-state index contributed by atoms with van der Waals surface area (Å²) >= 11 is 0. The Labute approximate surface area is 125 Å². The Bertz CT molecular complexity index is 268. The van der Waals surface area contributed by atoms with Gasteiger partial charge in [0.1, 0.15) is 0 Å². The molecule has 0 bridgehead atoms. The van der Waals surface area contributed by atoms with E-state index in [-0.39, 0.29) is 0 Å². The Morgan fingerprint density at radius 3 is 2.75 bits per heavy atom. The normalized spacial score (nSPS) is 21.9. The second-order valence-electron chi connectivity index (χ2n) is 6.17. The Hall–Kier alpha value is -0.570. The number of likely N-dealkylation sites (tertiary alicyclic amines) is 1. The molecule has 0 aromatic carbocycles. The molecule has 0 aromatic rings. The summed E-state index contributed by atoms with van der Waals surface area (Å²) < 4.78 is 0. The summed E-state index contributed by atoms with van der Waals surface area (Å²) in [6.45, 7) is 9.63. The smallest absolute Gasteiger partial charge is 0.222 e. The molecule has 0 spiro atoms. The van der Waals surface area contributed by atoms with Gasteiger partial charge in [0, 0.05) is 25.6 Å². The van der Waals surface area contributed by atoms with E-state index in [9.17, 15) is 4.79 Å². The lowest BCUT2D eigenvalue weighted by atomic mass is 9.96. The van der Waals surface area contributed by atoms with E-state index in [0.717, 1.165) is 44.8 Å². The SMILES string of the molecule is CCCC1CCC(=O)N(CCCC(CC)NCC)CC1. The lowest BCUT2D eigenvalue weighted by Crippen LogP contribution is -2.33. The van der Waals surface area contributed by atoms with Crippen LogP contribution >= 0.6 is 0 Å². The lowest BCUT2D eigenvalue weighted by Gasteiger charge is -2.22. The summed E-state index contributed by atoms with van der Waals surface area (Å²) in [5, 5.41) is 3.51. The van der Waals surface area contributed by atoms with Gasteiger partial charge in [-0.3, -0.25) is 4.79 Å². The second kappa shape index (κ2) is 10.2. The molecule has 2 atom stereocenters. The number of nitrogens with one attached hydrogen (secondary N) is 1. The Balaban J connectivity index is 2.29. The third-order valence-electron chi connectivity index (χ3n) is 4.59. The minimum absolute atomic E-state index is 0.389. The van der Waals surface area contributed by atoms with Crippen molar-refractivity contribution < 1.29 is 4.79 Å². The van der Waals surface area contributed by atoms with Gasteiger partial charge in [-0.25, -0.2) is 0 Å². The third kappa shape index (κ3) is 6.25. The quantitative estimate of drug-likeness (QED) is 0.701. The van der Waals surface area contributed by atoms with E-state index in [0.29, 0.717) is 11.9 Å². The Kier molecular flexibility index (Phi) is 8.92. The molecular formula is C17H34N2O. The van der Waals surface area contributed by atoms with Gasteiger partial charge in [-0.15, -0.1) is 0 Å². The number of carbonyl (C=O) groups excluding carboxylic acids is 1. The molecule has 0 aromatic heterocycles. The van der Waals surface area contributed by atoms with Crippen LogP contribution in [0.25, 0.3) is 0 Å². The van der Waals surface area contributed by atoms with E-state index < -0.39 is 0 Å². The minimum Gasteiger partial charge on any atom is -0.343 e. The first-order valence-corrected chi connectivity index (χ1v) is 8.72. The molecule has 1 N–H and O–H groups in total. The van der Waals surface area contributed by atoms with Crippen LogP contribution in [0, 0.1) is 5.92 Å². The zero-order chi connectivity index (χ0) is 14.8. The number of hydrogen-bond donors (Lipinski definition) is 1. The summed E-state index contributed by atoms with van der Waals surface area (Å²) in [7, 11) is 0. The van der Waals surface area contributed by atoms with Gasteiger partial charge in [0.15, 0.2) is 0 Å². The molecule has 0 aliphatic carbocycles. The molecule has 1 heterocycles. The van der Waals surface area contributed by atoms with Crippen molar-refractivity contribution in [2.75, 3.05) is 19.6 Å². The van der Waals surface area contributed by atoms with E-state index in [4.69, 9.17) is 0 Å². The van der Waals surface area contributed by atoms with Gasteiger partial charge in [-0.2, -0.15) is 0 Å². The van der Waals surface area contributed by atoms with Crippen molar-refractivity contribution in [3.8, 4) is 0 Å². The van der Waals surface area contributed by atoms with E-state index in [1.807, 2.05) is 0 Å². The zero-order valence-electron chi connectivity index (χ0n) is 13.8. The highest BCUT2D eigenvalue weighted by molar-refractivity contribution is 5.76. The first kappa shape index (κ1) is 17.5. The number of hydrogen-bond acceptors (Lipinski definition) is 2. The number of amides is 1. The van der Waals surface area contributed by atoms with Crippen molar-refractivity contribution in [2.24, 2.45) is 5.92 Å². The second-order valence-corrected chi connectivity index (χ2v) is 6.17. The first-order valence-electron chi connectivity index (χ1n) is 8.72. The molecule has 1 aliphatic heterocycles. The summed E-state index contributed by atoms with van der Waals surface area (Å²) in [5.41, 5.74) is 0. The van der Waals surface area contributed by atoms with Crippen LogP contribution in [0.4, 0.5) is 0 Å². The van der Waals surface area contributed by atoms with Crippen LogP contribution in [0.15, 0.2) is 0 Å². The molecule has 1 rings (SSSR count).